The van der Waals surface area contributed by atoms with E-state index in [-0.39, 0.29) is 19.0 Å². The summed E-state index contributed by atoms with van der Waals surface area (Å²) < 4.78 is 5.53. The smallest absolute Gasteiger partial charge is 0.347 e. The maximum Gasteiger partial charge on any atom is 0.347 e. The van der Waals surface area contributed by atoms with Gasteiger partial charge in [-0.25, -0.2) is 24.2 Å². The number of aliphatic imine (C=N–C) groups is 1. The van der Waals surface area contributed by atoms with Crippen LogP contribution in [0.5, 0.6) is 0 Å². The Labute approximate surface area is 211 Å². The molecule has 0 aliphatic carbocycles. The van der Waals surface area contributed by atoms with Gasteiger partial charge in [0.1, 0.15) is 0 Å². The highest BCUT2D eigenvalue weighted by molar-refractivity contribution is 6.34. The molecule has 3 aromatic rings. The van der Waals surface area contributed by atoms with Crippen molar-refractivity contribution in [3.8, 4) is 0 Å². The Bertz CT molecular complexity index is 1450. The van der Waals surface area contributed by atoms with Gasteiger partial charge < -0.3 is 10.1 Å². The zero-order valence-electron chi connectivity index (χ0n) is 18.7. The standard InChI is InChI=1S/C26H17ClN6O3/c1-28-18-5-7-20(8-6-18)30-24(34)31-23-26(15-36-16-26)33(22-11-3-17(27)4-12-22)25(35)32(23)21-13-9-19(29-2)10-14-21/h3-14H,15-16H2,(H,30,34)/b31-23-. The largest absolute Gasteiger partial charge is 0.375 e. The van der Waals surface area contributed by atoms with E-state index in [0.717, 1.165) is 0 Å². The molecule has 10 heteroatoms. The summed E-state index contributed by atoms with van der Waals surface area (Å²) in [6.45, 7) is 14.6. The molecule has 5 rings (SSSR count). The number of carbonyl (C=O) groups excluding carboxylic acids is 2. The van der Waals surface area contributed by atoms with Crippen LogP contribution in [0, 0.1) is 13.1 Å². The lowest BCUT2D eigenvalue weighted by Crippen LogP contribution is -2.64. The third-order valence-corrected chi connectivity index (χ3v) is 6.15. The molecular weight excluding hydrogens is 480 g/mol. The van der Waals surface area contributed by atoms with Crippen molar-refractivity contribution in [3.05, 3.63) is 101 Å². The molecule has 0 saturated carbocycles. The number of hydrogen-bond donors (Lipinski definition) is 1. The van der Waals surface area contributed by atoms with Crippen LogP contribution in [0.15, 0.2) is 77.8 Å². The fourth-order valence-electron chi connectivity index (χ4n) is 4.11. The predicted octanol–water partition coefficient (Wildman–Crippen LogP) is 6.29. The van der Waals surface area contributed by atoms with Crippen molar-refractivity contribution in [1.82, 2.24) is 0 Å². The van der Waals surface area contributed by atoms with Gasteiger partial charge in [0.05, 0.1) is 26.4 Å². The zero-order chi connectivity index (χ0) is 25.3. The third-order valence-electron chi connectivity index (χ3n) is 5.90. The van der Waals surface area contributed by atoms with Gasteiger partial charge in [-0.1, -0.05) is 35.9 Å². The Morgan fingerprint density at radius 3 is 2.00 bits per heavy atom. The van der Waals surface area contributed by atoms with Crippen LogP contribution in [-0.4, -0.2) is 36.7 Å². The highest BCUT2D eigenvalue weighted by Crippen LogP contribution is 2.42. The van der Waals surface area contributed by atoms with Gasteiger partial charge >= 0.3 is 12.1 Å². The average Bonchev–Trinajstić information content (AvgIpc) is 3.13. The second-order valence-electron chi connectivity index (χ2n) is 8.11. The Morgan fingerprint density at radius 1 is 0.917 bits per heavy atom. The number of ether oxygens (including phenoxy) is 1. The van der Waals surface area contributed by atoms with Crippen molar-refractivity contribution < 1.29 is 14.3 Å². The first-order valence-electron chi connectivity index (χ1n) is 10.8. The molecule has 4 amide bonds. The number of benzene rings is 3. The predicted molar refractivity (Wildman–Crippen MR) is 137 cm³/mol. The molecule has 1 spiro atoms. The molecule has 0 atom stereocenters. The monoisotopic (exact) mass is 496 g/mol. The molecule has 2 saturated heterocycles. The van der Waals surface area contributed by atoms with Gasteiger partial charge in [-0.05, 0) is 48.5 Å². The summed E-state index contributed by atoms with van der Waals surface area (Å²) in [7, 11) is 0. The first-order chi connectivity index (χ1) is 17.4. The van der Waals surface area contributed by atoms with Crippen LogP contribution in [0.2, 0.25) is 5.02 Å². The van der Waals surface area contributed by atoms with Crippen molar-refractivity contribution in [3.63, 3.8) is 0 Å². The third kappa shape index (κ3) is 3.93. The second kappa shape index (κ2) is 9.16. The highest BCUT2D eigenvalue weighted by Gasteiger charge is 2.61. The number of amides is 4. The van der Waals surface area contributed by atoms with Crippen molar-refractivity contribution in [2.75, 3.05) is 28.3 Å². The number of hydrogen-bond acceptors (Lipinski definition) is 3. The molecule has 0 unspecified atom stereocenters. The van der Waals surface area contributed by atoms with Crippen LogP contribution in [0.25, 0.3) is 9.69 Å². The molecule has 0 radical (unpaired) electrons. The Hall–Kier alpha value is -4.70. The van der Waals surface area contributed by atoms with Gasteiger partial charge in [-0.2, -0.15) is 4.99 Å². The molecule has 36 heavy (non-hydrogen) atoms. The average molecular weight is 497 g/mol. The quantitative estimate of drug-likeness (QED) is 0.433. The van der Waals surface area contributed by atoms with E-state index in [1.165, 1.54) is 4.90 Å². The van der Waals surface area contributed by atoms with Gasteiger partial charge in [-0.15, -0.1) is 0 Å². The van der Waals surface area contributed by atoms with Crippen molar-refractivity contribution >= 4 is 57.9 Å². The normalized spacial score (nSPS) is 17.0. The van der Waals surface area contributed by atoms with Crippen LogP contribution < -0.4 is 15.1 Å². The summed E-state index contributed by atoms with van der Waals surface area (Å²) in [5.41, 5.74) is 1.36. The molecule has 2 heterocycles. The van der Waals surface area contributed by atoms with Crippen molar-refractivity contribution in [2.45, 2.75) is 5.54 Å². The summed E-state index contributed by atoms with van der Waals surface area (Å²) in [5, 5.41) is 3.21. The minimum Gasteiger partial charge on any atom is -0.375 e. The first-order valence-corrected chi connectivity index (χ1v) is 11.2. The van der Waals surface area contributed by atoms with E-state index in [4.69, 9.17) is 29.5 Å². The summed E-state index contributed by atoms with van der Waals surface area (Å²) in [6.07, 6.45) is 0. The fourth-order valence-corrected chi connectivity index (χ4v) is 4.24. The van der Waals surface area contributed by atoms with Crippen molar-refractivity contribution in [1.29, 1.82) is 0 Å². The molecule has 2 aliphatic heterocycles. The summed E-state index contributed by atoms with van der Waals surface area (Å²) in [6, 6.07) is 18.6. The first kappa shape index (κ1) is 23.1. The summed E-state index contributed by atoms with van der Waals surface area (Å²) >= 11 is 6.06. The van der Waals surface area contributed by atoms with Crippen LogP contribution in [0.4, 0.5) is 38.0 Å². The number of anilines is 3. The van der Waals surface area contributed by atoms with E-state index < -0.39 is 17.6 Å². The van der Waals surface area contributed by atoms with Crippen LogP contribution in [0.3, 0.4) is 0 Å². The molecule has 3 aromatic carbocycles. The van der Waals surface area contributed by atoms with Gasteiger partial charge in [0.25, 0.3) is 0 Å². The number of nitrogens with one attached hydrogen (secondary N) is 1. The van der Waals surface area contributed by atoms with Crippen LogP contribution in [0.1, 0.15) is 0 Å². The summed E-state index contributed by atoms with van der Waals surface area (Å²) in [5.74, 6) is 0.208. The molecule has 2 aliphatic rings. The molecular formula is C26H17ClN6O3. The lowest BCUT2D eigenvalue weighted by Gasteiger charge is -2.43. The van der Waals surface area contributed by atoms with E-state index in [1.807, 2.05) is 0 Å². The molecule has 0 bridgehead atoms. The van der Waals surface area contributed by atoms with E-state index in [0.29, 0.717) is 33.5 Å². The van der Waals surface area contributed by atoms with E-state index >= 15 is 0 Å². The SMILES string of the molecule is [C-]#[N+]c1ccc(NC(=O)/N=C2\N(c3ccc([N+]#[C-])cc3)C(=O)N(c3ccc(Cl)cc3)C23COC3)cc1. The molecule has 0 aromatic heterocycles. The number of halogens is 1. The van der Waals surface area contributed by atoms with Gasteiger partial charge in [0.15, 0.2) is 22.7 Å². The molecule has 9 nitrogen and oxygen atoms in total. The fraction of sp³-hybridized carbons (Fsp3) is 0.115. The van der Waals surface area contributed by atoms with E-state index in [1.54, 1.807) is 77.7 Å². The lowest BCUT2D eigenvalue weighted by atomic mass is 9.94. The Kier molecular flexibility index (Phi) is 5.87. The summed E-state index contributed by atoms with van der Waals surface area (Å²) in [4.78, 5) is 40.9. The number of amidine groups is 1. The molecule has 176 valence electrons. The van der Waals surface area contributed by atoms with E-state index in [9.17, 15) is 9.59 Å². The zero-order valence-corrected chi connectivity index (χ0v) is 19.4. The number of rotatable bonds is 3. The lowest BCUT2D eigenvalue weighted by molar-refractivity contribution is -0.0152. The van der Waals surface area contributed by atoms with Gasteiger partial charge in [0, 0.05) is 22.1 Å². The minimum atomic E-state index is -1.01. The van der Waals surface area contributed by atoms with Gasteiger partial charge in [0.2, 0.25) is 0 Å². The van der Waals surface area contributed by atoms with E-state index in [2.05, 4.69) is 20.0 Å². The van der Waals surface area contributed by atoms with Crippen molar-refractivity contribution in [2.24, 2.45) is 4.99 Å². The highest BCUT2D eigenvalue weighted by atomic mass is 35.5. The van der Waals surface area contributed by atoms with Gasteiger partial charge in [-0.3, -0.25) is 4.90 Å². The molecule has 1 N–H and O–H groups in total. The maximum absolute atomic E-state index is 13.8. The number of nitrogens with zero attached hydrogens (tertiary/aromatic N) is 5. The number of carbonyl (C=O) groups is 2. The second-order valence-corrected chi connectivity index (χ2v) is 8.54. The number of urea groups is 2. The Morgan fingerprint density at radius 2 is 1.47 bits per heavy atom. The maximum atomic E-state index is 13.8. The Balaban J connectivity index is 1.58. The van der Waals surface area contributed by atoms with Crippen LogP contribution in [-0.2, 0) is 4.74 Å². The minimum absolute atomic E-state index is 0.143. The molecule has 2 fully saturated rings. The topological polar surface area (TPSA) is 83.0 Å². The van der Waals surface area contributed by atoms with Crippen LogP contribution >= 0.6 is 11.6 Å².